The quantitative estimate of drug-likeness (QED) is 0.613. The van der Waals surface area contributed by atoms with Gasteiger partial charge in [0.1, 0.15) is 6.29 Å². The van der Waals surface area contributed by atoms with E-state index in [1.165, 1.54) is 0 Å². The van der Waals surface area contributed by atoms with Crippen molar-refractivity contribution in [3.8, 4) is 0 Å². The minimum atomic E-state index is -0.140. The molecule has 0 saturated carbocycles. The van der Waals surface area contributed by atoms with Gasteiger partial charge in [0, 0.05) is 18.8 Å². The van der Waals surface area contributed by atoms with E-state index in [0.29, 0.717) is 13.1 Å². The fraction of sp³-hybridized carbons (Fsp3) is 0.300. The van der Waals surface area contributed by atoms with E-state index in [9.17, 15) is 9.59 Å². The van der Waals surface area contributed by atoms with Crippen molar-refractivity contribution in [2.45, 2.75) is 30.4 Å². The van der Waals surface area contributed by atoms with Crippen molar-refractivity contribution in [1.29, 1.82) is 0 Å². The lowest BCUT2D eigenvalue weighted by Gasteiger charge is -2.24. The standard InChI is InChI=1S/C20H20N2O2S/c23-13-18-19-17(14-25-18)21(11-15-7-3-1-4-8-15)20(24)22(19)12-16-9-5-2-6-10-16/h1-10,13,17-19H,11-12,14H2/t17-,18+,19-/m0/s1. The van der Waals surface area contributed by atoms with Crippen molar-refractivity contribution in [3.63, 3.8) is 0 Å². The lowest BCUT2D eigenvalue weighted by Crippen LogP contribution is -2.41. The topological polar surface area (TPSA) is 40.6 Å². The van der Waals surface area contributed by atoms with Crippen molar-refractivity contribution < 1.29 is 9.59 Å². The summed E-state index contributed by atoms with van der Waals surface area (Å²) in [4.78, 5) is 28.5. The molecule has 4 rings (SSSR count). The fourth-order valence-corrected chi connectivity index (χ4v) is 5.16. The largest absolute Gasteiger partial charge is 0.321 e. The first-order valence-corrected chi connectivity index (χ1v) is 9.55. The van der Waals surface area contributed by atoms with Crippen molar-refractivity contribution in [1.82, 2.24) is 9.80 Å². The summed E-state index contributed by atoms with van der Waals surface area (Å²) in [5.74, 6) is 0.817. The minimum absolute atomic E-state index is 0.0369. The molecule has 128 valence electrons. The van der Waals surface area contributed by atoms with Gasteiger partial charge in [0.2, 0.25) is 0 Å². The summed E-state index contributed by atoms with van der Waals surface area (Å²) in [6, 6.07) is 20.1. The van der Waals surface area contributed by atoms with Gasteiger partial charge in [-0.3, -0.25) is 0 Å². The van der Waals surface area contributed by atoms with Crippen LogP contribution in [0.25, 0.3) is 0 Å². The summed E-state index contributed by atoms with van der Waals surface area (Å²) in [6.07, 6.45) is 1.01. The van der Waals surface area contributed by atoms with Gasteiger partial charge in [-0.05, 0) is 11.1 Å². The number of hydrogen-bond acceptors (Lipinski definition) is 3. The van der Waals surface area contributed by atoms with Crippen LogP contribution in [0.4, 0.5) is 4.79 Å². The highest BCUT2D eigenvalue weighted by Gasteiger charge is 2.52. The van der Waals surface area contributed by atoms with Crippen LogP contribution < -0.4 is 0 Å². The second-order valence-electron chi connectivity index (χ2n) is 6.50. The lowest BCUT2D eigenvalue weighted by molar-refractivity contribution is -0.108. The first kappa shape index (κ1) is 16.2. The molecule has 0 bridgehead atoms. The average Bonchev–Trinajstić information content (AvgIpc) is 3.18. The fourth-order valence-electron chi connectivity index (χ4n) is 3.76. The highest BCUT2D eigenvalue weighted by atomic mass is 32.2. The van der Waals surface area contributed by atoms with Crippen LogP contribution in [0.1, 0.15) is 11.1 Å². The lowest BCUT2D eigenvalue weighted by atomic mass is 10.1. The third-order valence-corrected chi connectivity index (χ3v) is 6.28. The number of thioether (sulfide) groups is 1. The van der Waals surface area contributed by atoms with E-state index in [2.05, 4.69) is 0 Å². The zero-order chi connectivity index (χ0) is 17.2. The molecule has 0 unspecified atom stereocenters. The molecule has 0 spiro atoms. The van der Waals surface area contributed by atoms with E-state index in [1.807, 2.05) is 70.5 Å². The Bertz CT molecular complexity index is 753. The zero-order valence-corrected chi connectivity index (χ0v) is 14.6. The second-order valence-corrected chi connectivity index (χ2v) is 7.71. The molecule has 2 aliphatic heterocycles. The van der Waals surface area contributed by atoms with E-state index in [1.54, 1.807) is 11.8 Å². The maximum absolute atomic E-state index is 13.1. The molecule has 0 N–H and O–H groups in total. The van der Waals surface area contributed by atoms with E-state index >= 15 is 0 Å². The molecule has 0 radical (unpaired) electrons. The van der Waals surface area contributed by atoms with Crippen molar-refractivity contribution in [3.05, 3.63) is 71.8 Å². The number of carbonyl (C=O) groups excluding carboxylic acids is 2. The average molecular weight is 352 g/mol. The third kappa shape index (κ3) is 3.04. The molecule has 2 saturated heterocycles. The summed E-state index contributed by atoms with van der Waals surface area (Å²) >= 11 is 1.66. The number of amides is 2. The summed E-state index contributed by atoms with van der Waals surface area (Å²) in [6.45, 7) is 1.15. The van der Waals surface area contributed by atoms with Gasteiger partial charge >= 0.3 is 6.03 Å². The van der Waals surface area contributed by atoms with Crippen molar-refractivity contribution in [2.24, 2.45) is 0 Å². The summed E-state index contributed by atoms with van der Waals surface area (Å²) in [5, 5.41) is -0.140. The first-order valence-electron chi connectivity index (χ1n) is 8.50. The molecule has 2 aromatic carbocycles. The van der Waals surface area contributed by atoms with E-state index in [0.717, 1.165) is 23.2 Å². The summed E-state index contributed by atoms with van der Waals surface area (Å²) < 4.78 is 0. The smallest absolute Gasteiger partial charge is 0.314 e. The molecule has 0 aliphatic carbocycles. The highest BCUT2D eigenvalue weighted by molar-refractivity contribution is 8.00. The predicted molar refractivity (Wildman–Crippen MR) is 99.3 cm³/mol. The maximum Gasteiger partial charge on any atom is 0.321 e. The monoisotopic (exact) mass is 352 g/mol. The Morgan fingerprint density at radius 1 is 0.920 bits per heavy atom. The van der Waals surface area contributed by atoms with Crippen LogP contribution in [0.3, 0.4) is 0 Å². The van der Waals surface area contributed by atoms with Gasteiger partial charge in [-0.25, -0.2) is 4.79 Å². The molecule has 2 fully saturated rings. The molecule has 4 nitrogen and oxygen atoms in total. The highest BCUT2D eigenvalue weighted by Crippen LogP contribution is 2.40. The number of aldehydes is 1. The molecule has 3 atom stereocenters. The van der Waals surface area contributed by atoms with Crippen LogP contribution in [0.15, 0.2) is 60.7 Å². The van der Waals surface area contributed by atoms with Gasteiger partial charge in [-0.15, -0.1) is 11.8 Å². The number of carbonyl (C=O) groups is 2. The third-order valence-electron chi connectivity index (χ3n) is 4.97. The Balaban J connectivity index is 1.61. The van der Waals surface area contributed by atoms with Crippen LogP contribution in [-0.4, -0.2) is 45.2 Å². The zero-order valence-electron chi connectivity index (χ0n) is 13.8. The van der Waals surface area contributed by atoms with Crippen LogP contribution >= 0.6 is 11.8 Å². The van der Waals surface area contributed by atoms with Gasteiger partial charge in [0.15, 0.2) is 0 Å². The molecule has 2 aromatic rings. The summed E-state index contributed by atoms with van der Waals surface area (Å²) in [7, 11) is 0. The normalized spacial score (nSPS) is 25.3. The number of fused-ring (bicyclic) bond motifs is 1. The van der Waals surface area contributed by atoms with Crippen molar-refractivity contribution >= 4 is 24.1 Å². The van der Waals surface area contributed by atoms with E-state index in [-0.39, 0.29) is 23.4 Å². The Morgan fingerprint density at radius 2 is 1.48 bits per heavy atom. The molecular weight excluding hydrogens is 332 g/mol. The van der Waals surface area contributed by atoms with Crippen LogP contribution in [0.5, 0.6) is 0 Å². The Labute approximate surface area is 151 Å². The Kier molecular flexibility index (Phi) is 4.49. The van der Waals surface area contributed by atoms with Gasteiger partial charge in [-0.2, -0.15) is 0 Å². The molecular formula is C20H20N2O2S. The Hall–Kier alpha value is -2.27. The molecule has 2 amide bonds. The minimum Gasteiger partial charge on any atom is -0.314 e. The van der Waals surface area contributed by atoms with Crippen molar-refractivity contribution in [2.75, 3.05) is 5.75 Å². The predicted octanol–water partition coefficient (Wildman–Crippen LogP) is 3.18. The molecule has 2 aliphatic rings. The van der Waals surface area contributed by atoms with Gasteiger partial charge in [0.25, 0.3) is 0 Å². The van der Waals surface area contributed by atoms with Crippen LogP contribution in [0.2, 0.25) is 0 Å². The number of benzene rings is 2. The maximum atomic E-state index is 13.1. The number of hydrogen-bond donors (Lipinski definition) is 0. The molecule has 0 aromatic heterocycles. The van der Waals surface area contributed by atoms with Crippen LogP contribution in [-0.2, 0) is 17.9 Å². The van der Waals surface area contributed by atoms with E-state index in [4.69, 9.17) is 0 Å². The number of rotatable bonds is 5. The first-order chi connectivity index (χ1) is 12.3. The van der Waals surface area contributed by atoms with Gasteiger partial charge < -0.3 is 14.6 Å². The van der Waals surface area contributed by atoms with Crippen LogP contribution in [0, 0.1) is 0 Å². The SMILES string of the molecule is O=C[C@H]1SC[C@H]2[C@@H]1N(Cc1ccccc1)C(=O)N2Cc1ccccc1. The Morgan fingerprint density at radius 3 is 2.04 bits per heavy atom. The molecule has 2 heterocycles. The van der Waals surface area contributed by atoms with Gasteiger partial charge in [-0.1, -0.05) is 60.7 Å². The van der Waals surface area contributed by atoms with E-state index < -0.39 is 0 Å². The van der Waals surface area contributed by atoms with Gasteiger partial charge in [0.05, 0.1) is 17.3 Å². The molecule has 5 heteroatoms. The molecule has 25 heavy (non-hydrogen) atoms. The number of nitrogens with zero attached hydrogens (tertiary/aromatic N) is 2. The second kappa shape index (κ2) is 6.92. The summed E-state index contributed by atoms with van der Waals surface area (Å²) in [5.41, 5.74) is 2.22. The number of urea groups is 1.